The van der Waals surface area contributed by atoms with Gasteiger partial charge in [-0.25, -0.2) is 0 Å². The number of nitrogens with one attached hydrogen (secondary N) is 2. The summed E-state index contributed by atoms with van der Waals surface area (Å²) < 4.78 is 0. The van der Waals surface area contributed by atoms with Gasteiger partial charge in [-0.1, -0.05) is 52.8 Å². The number of anilines is 1. The molecule has 1 amide bonds. The van der Waals surface area contributed by atoms with Gasteiger partial charge in [0, 0.05) is 17.4 Å². The largest absolute Gasteiger partial charge is 0.385 e. The summed E-state index contributed by atoms with van der Waals surface area (Å²) in [4.78, 5) is 12.5. The van der Waals surface area contributed by atoms with Crippen LogP contribution in [0, 0.1) is 16.7 Å². The van der Waals surface area contributed by atoms with Crippen molar-refractivity contribution >= 4 is 11.6 Å². The Labute approximate surface area is 152 Å². The Morgan fingerprint density at radius 3 is 2.32 bits per heavy atom. The minimum Gasteiger partial charge on any atom is -0.385 e. The quantitative estimate of drug-likeness (QED) is 0.568. The molecule has 0 saturated carbocycles. The van der Waals surface area contributed by atoms with E-state index in [0.717, 1.165) is 17.7 Å². The Morgan fingerprint density at radius 1 is 1.20 bits per heavy atom. The molecular formula is C21H31N3O. The summed E-state index contributed by atoms with van der Waals surface area (Å²) in [6, 6.07) is 9.66. The first-order valence-corrected chi connectivity index (χ1v) is 8.73. The Kier molecular flexibility index (Phi) is 6.81. The third kappa shape index (κ3) is 7.01. The minimum atomic E-state index is -0.394. The van der Waals surface area contributed by atoms with E-state index in [4.69, 9.17) is 0 Å². The van der Waals surface area contributed by atoms with Crippen LogP contribution in [-0.2, 0) is 4.79 Å². The highest BCUT2D eigenvalue weighted by Crippen LogP contribution is 2.27. The van der Waals surface area contributed by atoms with Crippen molar-refractivity contribution in [1.82, 2.24) is 5.32 Å². The van der Waals surface area contributed by atoms with Gasteiger partial charge in [-0.2, -0.15) is 5.26 Å². The lowest BCUT2D eigenvalue weighted by Crippen LogP contribution is -2.39. The van der Waals surface area contributed by atoms with Crippen molar-refractivity contribution in [2.75, 3.05) is 5.32 Å². The minimum absolute atomic E-state index is 0.0699. The molecule has 0 bridgehead atoms. The number of amides is 1. The van der Waals surface area contributed by atoms with Gasteiger partial charge in [-0.05, 0) is 43.2 Å². The monoisotopic (exact) mass is 341 g/mol. The predicted octanol–water partition coefficient (Wildman–Crippen LogP) is 4.96. The van der Waals surface area contributed by atoms with Crippen molar-refractivity contribution in [3.8, 4) is 6.07 Å². The molecule has 0 aliphatic carbocycles. The van der Waals surface area contributed by atoms with Gasteiger partial charge in [0.2, 0.25) is 0 Å². The molecule has 0 aliphatic heterocycles. The van der Waals surface area contributed by atoms with Gasteiger partial charge in [-0.3, -0.25) is 4.79 Å². The predicted molar refractivity (Wildman–Crippen MR) is 104 cm³/mol. The molecule has 2 N–H and O–H groups in total. The molecule has 25 heavy (non-hydrogen) atoms. The molecule has 1 aromatic carbocycles. The fourth-order valence-corrected chi connectivity index (χ4v) is 3.10. The van der Waals surface area contributed by atoms with Crippen molar-refractivity contribution in [1.29, 1.82) is 5.26 Å². The van der Waals surface area contributed by atoms with Gasteiger partial charge in [-0.15, -0.1) is 0 Å². The number of rotatable bonds is 6. The van der Waals surface area contributed by atoms with Gasteiger partial charge in [0.1, 0.15) is 11.6 Å². The van der Waals surface area contributed by atoms with Crippen molar-refractivity contribution in [3.05, 3.63) is 41.6 Å². The normalized spacial score (nSPS) is 12.7. The number of para-hydroxylation sites is 1. The molecule has 0 unspecified atom stereocenters. The standard InChI is InChI=1S/C21H31N3O/c1-15(2)17-10-8-9-11-18(17)24-19(25)16(12-22)13-23-21(6,7)14-20(3,4)5/h8-11,13,15,23H,14H2,1-7H3,(H,24,25)/b16-13-. The molecule has 0 aliphatic rings. The van der Waals surface area contributed by atoms with Gasteiger partial charge < -0.3 is 10.6 Å². The fourth-order valence-electron chi connectivity index (χ4n) is 3.10. The third-order valence-corrected chi connectivity index (χ3v) is 3.78. The van der Waals surface area contributed by atoms with Gasteiger partial charge in [0.25, 0.3) is 5.91 Å². The van der Waals surface area contributed by atoms with Crippen molar-refractivity contribution in [2.45, 2.75) is 66.3 Å². The molecule has 136 valence electrons. The first kappa shape index (κ1) is 20.8. The van der Waals surface area contributed by atoms with E-state index in [1.807, 2.05) is 30.3 Å². The maximum Gasteiger partial charge on any atom is 0.267 e. The Hall–Kier alpha value is -2.28. The number of benzene rings is 1. The molecule has 4 heteroatoms. The fraction of sp³-hybridized carbons (Fsp3) is 0.524. The molecule has 0 heterocycles. The maximum absolute atomic E-state index is 12.5. The average Bonchev–Trinajstić information content (AvgIpc) is 2.45. The molecule has 1 rings (SSSR count). The Balaban J connectivity index is 2.90. The van der Waals surface area contributed by atoms with E-state index < -0.39 is 5.91 Å². The van der Waals surface area contributed by atoms with Crippen molar-refractivity contribution < 1.29 is 4.79 Å². The Bertz CT molecular complexity index is 673. The Morgan fingerprint density at radius 2 is 1.80 bits per heavy atom. The lowest BCUT2D eigenvalue weighted by Gasteiger charge is -2.33. The van der Waals surface area contributed by atoms with Gasteiger partial charge >= 0.3 is 0 Å². The highest BCUT2D eigenvalue weighted by Gasteiger charge is 2.24. The second kappa shape index (κ2) is 8.20. The van der Waals surface area contributed by atoms with E-state index in [1.165, 1.54) is 6.20 Å². The van der Waals surface area contributed by atoms with Crippen molar-refractivity contribution in [3.63, 3.8) is 0 Å². The zero-order valence-corrected chi connectivity index (χ0v) is 16.5. The number of nitriles is 1. The van der Waals surface area contributed by atoms with E-state index in [9.17, 15) is 10.1 Å². The van der Waals surface area contributed by atoms with E-state index in [-0.39, 0.29) is 22.4 Å². The van der Waals surface area contributed by atoms with Crippen LogP contribution in [0.3, 0.4) is 0 Å². The van der Waals surface area contributed by atoms with Crippen LogP contribution < -0.4 is 10.6 Å². The average molecular weight is 341 g/mol. The van der Waals surface area contributed by atoms with Crippen LogP contribution in [0.4, 0.5) is 5.69 Å². The van der Waals surface area contributed by atoms with E-state index >= 15 is 0 Å². The molecule has 0 fully saturated rings. The van der Waals surface area contributed by atoms with E-state index in [0.29, 0.717) is 0 Å². The van der Waals surface area contributed by atoms with Crippen LogP contribution in [0.2, 0.25) is 0 Å². The molecule has 0 radical (unpaired) electrons. The van der Waals surface area contributed by atoms with Crippen LogP contribution in [0.25, 0.3) is 0 Å². The van der Waals surface area contributed by atoms with E-state index in [1.54, 1.807) is 0 Å². The zero-order chi connectivity index (χ0) is 19.3. The van der Waals surface area contributed by atoms with Gasteiger partial charge in [0.15, 0.2) is 0 Å². The second-order valence-corrected chi connectivity index (χ2v) is 8.63. The highest BCUT2D eigenvalue weighted by molar-refractivity contribution is 6.06. The smallest absolute Gasteiger partial charge is 0.267 e. The molecule has 0 atom stereocenters. The number of carbonyl (C=O) groups excluding carboxylic acids is 1. The molecule has 0 spiro atoms. The van der Waals surface area contributed by atoms with Crippen LogP contribution in [0.15, 0.2) is 36.0 Å². The van der Waals surface area contributed by atoms with Crippen LogP contribution in [0.1, 0.15) is 66.4 Å². The third-order valence-electron chi connectivity index (χ3n) is 3.78. The molecule has 0 saturated heterocycles. The first-order chi connectivity index (χ1) is 11.4. The molecule has 0 aromatic heterocycles. The zero-order valence-electron chi connectivity index (χ0n) is 16.5. The summed E-state index contributed by atoms with van der Waals surface area (Å²) in [6.07, 6.45) is 2.44. The SMILES string of the molecule is CC(C)c1ccccc1NC(=O)/C(C#N)=C\NC(C)(C)CC(C)(C)C. The summed E-state index contributed by atoms with van der Waals surface area (Å²) in [5.41, 5.74) is 1.80. The second-order valence-electron chi connectivity index (χ2n) is 8.63. The first-order valence-electron chi connectivity index (χ1n) is 8.73. The maximum atomic E-state index is 12.5. The lowest BCUT2D eigenvalue weighted by atomic mass is 9.82. The summed E-state index contributed by atoms with van der Waals surface area (Å²) >= 11 is 0. The topological polar surface area (TPSA) is 64.9 Å². The lowest BCUT2D eigenvalue weighted by molar-refractivity contribution is -0.112. The number of nitrogens with zero attached hydrogens (tertiary/aromatic N) is 1. The summed E-state index contributed by atoms with van der Waals surface area (Å²) in [5.74, 6) is -0.107. The number of hydrogen-bond acceptors (Lipinski definition) is 3. The summed E-state index contributed by atoms with van der Waals surface area (Å²) in [7, 11) is 0. The number of hydrogen-bond donors (Lipinski definition) is 2. The summed E-state index contributed by atoms with van der Waals surface area (Å²) in [6.45, 7) is 14.8. The van der Waals surface area contributed by atoms with E-state index in [2.05, 4.69) is 59.1 Å². The molecule has 4 nitrogen and oxygen atoms in total. The molecule has 1 aromatic rings. The molecular weight excluding hydrogens is 310 g/mol. The van der Waals surface area contributed by atoms with Crippen LogP contribution in [0.5, 0.6) is 0 Å². The van der Waals surface area contributed by atoms with Gasteiger partial charge in [0.05, 0.1) is 0 Å². The highest BCUT2D eigenvalue weighted by atomic mass is 16.1. The number of carbonyl (C=O) groups is 1. The van der Waals surface area contributed by atoms with Crippen LogP contribution in [-0.4, -0.2) is 11.4 Å². The summed E-state index contributed by atoms with van der Waals surface area (Å²) in [5, 5.41) is 15.4. The van der Waals surface area contributed by atoms with Crippen LogP contribution >= 0.6 is 0 Å². The van der Waals surface area contributed by atoms with Crippen molar-refractivity contribution in [2.24, 2.45) is 5.41 Å².